The van der Waals surface area contributed by atoms with Crippen molar-refractivity contribution < 1.29 is 38.5 Å². The van der Waals surface area contributed by atoms with Crippen LogP contribution in [0.3, 0.4) is 0 Å². The molecule has 3 amide bonds. The van der Waals surface area contributed by atoms with Crippen molar-refractivity contribution in [3.8, 4) is 11.5 Å². The Balaban J connectivity index is 1.08. The highest BCUT2D eigenvalue weighted by Gasteiger charge is 2.61. The summed E-state index contributed by atoms with van der Waals surface area (Å²) in [7, 11) is 2.13. The average Bonchev–Trinajstić information content (AvgIpc) is 3.91. The van der Waals surface area contributed by atoms with Crippen molar-refractivity contribution in [2.24, 2.45) is 28.2 Å². The molecule has 5 fully saturated rings. The van der Waals surface area contributed by atoms with Gasteiger partial charge < -0.3 is 45.1 Å². The Labute approximate surface area is 385 Å². The van der Waals surface area contributed by atoms with Crippen LogP contribution in [0, 0.1) is 23.2 Å². The van der Waals surface area contributed by atoms with Gasteiger partial charge in [-0.15, -0.1) is 0 Å². The second kappa shape index (κ2) is 18.7. The lowest BCUT2D eigenvalue weighted by molar-refractivity contribution is -0.146. The first-order valence-corrected chi connectivity index (χ1v) is 24.4. The number of aromatic nitrogens is 1. The first-order valence-electron chi connectivity index (χ1n) is 23.1. The molecule has 4 N–H and O–H groups in total. The van der Waals surface area contributed by atoms with Crippen LogP contribution in [0.25, 0.3) is 10.9 Å². The van der Waals surface area contributed by atoms with Crippen LogP contribution >= 0.6 is 23.4 Å². The molecule has 6 aliphatic rings. The lowest BCUT2D eigenvalue weighted by atomic mass is 9.85. The first-order chi connectivity index (χ1) is 30.4. The predicted octanol–water partition coefficient (Wildman–Crippen LogP) is 5.31. The minimum Gasteiger partial charge on any atom is -0.491 e. The van der Waals surface area contributed by atoms with Crippen molar-refractivity contribution in [3.05, 3.63) is 28.9 Å². The summed E-state index contributed by atoms with van der Waals surface area (Å²) >= 11 is 8.77. The number of hydrogen-bond donors (Lipinski definition) is 4. The van der Waals surface area contributed by atoms with Crippen molar-refractivity contribution in [1.82, 2.24) is 35.6 Å². The molecule has 1 aromatic heterocycles. The fraction of sp³-hybridized carbons (Fsp3) is 0.696. The Morgan fingerprint density at radius 2 is 1.77 bits per heavy atom. The molecule has 1 aromatic carbocycles. The highest BCUT2D eigenvalue weighted by Crippen LogP contribution is 2.52. The zero-order chi connectivity index (χ0) is 45.7. The Kier molecular flexibility index (Phi) is 13.6. The van der Waals surface area contributed by atoms with Gasteiger partial charge >= 0.3 is 12.1 Å². The van der Waals surface area contributed by atoms with E-state index in [9.17, 15) is 24.3 Å². The number of aliphatic carboxylic acids is 1. The molecule has 350 valence electrons. The summed E-state index contributed by atoms with van der Waals surface area (Å²) in [5.74, 6) is 0.411. The number of halogens is 1. The summed E-state index contributed by atoms with van der Waals surface area (Å²) in [6, 6.07) is 3.28. The lowest BCUT2D eigenvalue weighted by Crippen LogP contribution is -2.59. The lowest BCUT2D eigenvalue weighted by Gasteiger charge is -2.35. The summed E-state index contributed by atoms with van der Waals surface area (Å²) in [4.78, 5) is 71.3. The third-order valence-electron chi connectivity index (χ3n) is 13.8. The molecule has 0 spiro atoms. The maximum absolute atomic E-state index is 14.8. The predicted molar refractivity (Wildman–Crippen MR) is 246 cm³/mol. The van der Waals surface area contributed by atoms with E-state index in [1.165, 1.54) is 11.3 Å². The molecule has 2 aromatic rings. The van der Waals surface area contributed by atoms with Crippen molar-refractivity contribution in [3.63, 3.8) is 0 Å². The number of carbonyl (C=O) groups excluding carboxylic acids is 3. The molecule has 3 aliphatic heterocycles. The van der Waals surface area contributed by atoms with E-state index in [0.29, 0.717) is 70.2 Å². The number of carboxylic acids is 1. The van der Waals surface area contributed by atoms with Crippen LogP contribution in [0.4, 0.5) is 4.79 Å². The highest BCUT2D eigenvalue weighted by atomic mass is 35.5. The molecule has 0 radical (unpaired) electrons. The maximum Gasteiger partial charge on any atom is 0.408 e. The Morgan fingerprint density at radius 3 is 2.42 bits per heavy atom. The number of pyridine rings is 1. The number of nitrogens with one attached hydrogen (secondary N) is 3. The first kappa shape index (κ1) is 46.5. The van der Waals surface area contributed by atoms with Gasteiger partial charge in [0.05, 0.1) is 17.8 Å². The number of piperazine rings is 1. The fourth-order valence-electron chi connectivity index (χ4n) is 9.84. The molecule has 4 heterocycles. The molecule has 2 saturated heterocycles. The smallest absolute Gasteiger partial charge is 0.408 e. The summed E-state index contributed by atoms with van der Waals surface area (Å²) in [5, 5.41) is 21.1. The number of thioether (sulfide) groups is 1. The number of likely N-dealkylation sites (N-methyl/N-ethyl adjacent to an activating group) is 1. The van der Waals surface area contributed by atoms with Gasteiger partial charge in [0.15, 0.2) is 5.17 Å². The van der Waals surface area contributed by atoms with Crippen LogP contribution in [0.15, 0.2) is 23.2 Å². The number of amidine groups is 1. The van der Waals surface area contributed by atoms with Crippen molar-refractivity contribution in [1.29, 1.82) is 0 Å². The second-order valence-electron chi connectivity index (χ2n) is 20.1. The number of nitrogens with zero attached hydrogens (tertiary/aromatic N) is 5. The summed E-state index contributed by atoms with van der Waals surface area (Å²) < 4.78 is 18.9. The third-order valence-corrected chi connectivity index (χ3v) is 15.2. The molecule has 16 nitrogen and oxygen atoms in total. The number of carbonyl (C=O) groups is 4. The minimum absolute atomic E-state index is 0.0102. The molecular formula is C46H65ClN8O8S. The average molecular weight is 926 g/mol. The Bertz CT molecular complexity index is 2140. The topological polar surface area (TPSA) is 187 Å². The molecule has 3 aliphatic carbocycles. The zero-order valence-electron chi connectivity index (χ0n) is 38.2. The number of aliphatic imine (C=N–C) groups is 1. The highest BCUT2D eigenvalue weighted by molar-refractivity contribution is 8.14. The molecule has 8 rings (SSSR count). The molecule has 0 bridgehead atoms. The van der Waals surface area contributed by atoms with Crippen LogP contribution in [-0.2, 0) is 19.1 Å². The van der Waals surface area contributed by atoms with Gasteiger partial charge in [0.25, 0.3) is 0 Å². The second-order valence-corrected chi connectivity index (χ2v) is 21.5. The number of amides is 3. The van der Waals surface area contributed by atoms with E-state index < -0.39 is 53.0 Å². The van der Waals surface area contributed by atoms with Crippen molar-refractivity contribution >= 4 is 63.3 Å². The number of likely N-dealkylation sites (tertiary alicyclic amines) is 1. The summed E-state index contributed by atoms with van der Waals surface area (Å²) in [6.07, 6.45) is 2.20. The van der Waals surface area contributed by atoms with Gasteiger partial charge in [-0.3, -0.25) is 19.5 Å². The molecule has 64 heavy (non-hydrogen) atoms. The van der Waals surface area contributed by atoms with E-state index in [-0.39, 0.29) is 37.1 Å². The largest absolute Gasteiger partial charge is 0.491 e. The van der Waals surface area contributed by atoms with Crippen molar-refractivity contribution in [2.45, 2.75) is 122 Å². The number of alkyl carbamates (subject to hydrolysis) is 1. The quantitative estimate of drug-likeness (QED) is 0.180. The molecule has 9 atom stereocenters. The number of benzene rings is 1. The Hall–Kier alpha value is -4.06. The van der Waals surface area contributed by atoms with Gasteiger partial charge in [-0.05, 0) is 81.9 Å². The van der Waals surface area contributed by atoms with Gasteiger partial charge in [-0.1, -0.05) is 57.5 Å². The number of hydrogen-bond acceptors (Lipinski definition) is 13. The van der Waals surface area contributed by atoms with E-state index in [4.69, 9.17) is 35.8 Å². The van der Waals surface area contributed by atoms with Crippen LogP contribution in [0.1, 0.15) is 91.8 Å². The van der Waals surface area contributed by atoms with Crippen LogP contribution < -0.4 is 25.4 Å². The zero-order valence-corrected chi connectivity index (χ0v) is 39.7. The van der Waals surface area contributed by atoms with E-state index in [1.54, 1.807) is 11.8 Å². The Morgan fingerprint density at radius 1 is 1.03 bits per heavy atom. The van der Waals surface area contributed by atoms with Crippen LogP contribution in [-0.4, -0.2) is 148 Å². The van der Waals surface area contributed by atoms with E-state index in [2.05, 4.69) is 46.6 Å². The summed E-state index contributed by atoms with van der Waals surface area (Å²) in [5.41, 5.74) is -1.06. The van der Waals surface area contributed by atoms with Gasteiger partial charge in [-0.25, -0.2) is 14.6 Å². The third kappa shape index (κ3) is 10.2. The molecule has 18 heteroatoms. The summed E-state index contributed by atoms with van der Waals surface area (Å²) in [6.45, 7) is 16.7. The number of rotatable bonds is 15. The van der Waals surface area contributed by atoms with Crippen LogP contribution in [0.2, 0.25) is 5.02 Å². The molecule has 3 saturated carbocycles. The molecule has 3 unspecified atom stereocenters. The van der Waals surface area contributed by atoms with E-state index in [1.807, 2.05) is 45.9 Å². The number of ether oxygens (including phenoxy) is 3. The van der Waals surface area contributed by atoms with Crippen LogP contribution in [0.5, 0.6) is 11.5 Å². The van der Waals surface area contributed by atoms with Gasteiger partial charge in [0.1, 0.15) is 59.0 Å². The van der Waals surface area contributed by atoms with Gasteiger partial charge in [0.2, 0.25) is 11.8 Å². The number of carboxylic acid groups (broad SMARTS) is 1. The van der Waals surface area contributed by atoms with Gasteiger partial charge in [0, 0.05) is 62.4 Å². The van der Waals surface area contributed by atoms with Crippen molar-refractivity contribution in [2.75, 3.05) is 58.7 Å². The monoisotopic (exact) mass is 924 g/mol. The fourth-order valence-corrected chi connectivity index (χ4v) is 11.2. The molecular weight excluding hydrogens is 860 g/mol. The maximum atomic E-state index is 14.8. The van der Waals surface area contributed by atoms with E-state index in [0.717, 1.165) is 50.7 Å². The van der Waals surface area contributed by atoms with Gasteiger partial charge in [-0.2, -0.15) is 0 Å². The minimum atomic E-state index is -1.41. The van der Waals surface area contributed by atoms with E-state index >= 15 is 0 Å². The number of fused-ring (bicyclic) bond motifs is 2. The normalized spacial score (nSPS) is 29.5. The SMILES string of the molecule is CC[C@@H]1CC1(NC(=O)[C@@H]1C[C@@H](Oc2cc(C3CSC(NC(C)C)=N3)nc3c(Cl)c(OCCN4CCN(C)CC4)ccc23)CN1C(=O)[C@@H](NC(=O)OC1C[C@@H]2C[C@@H]2C1)C(C)(C)C)C(=O)O. The standard InChI is InChI=1S/C46H65ClN8O8S/c1-8-28-22-46(28,42(58)59)52-40(56)34-20-30(23-55(34)41(57)39(45(4,5)6)51-44(60)63-29-18-26-17-27(26)19-29)62-36-21-32(33-24-64-43(50-33)48-25(2)3)49-38-31(36)9-10-35(37(38)47)61-16-15-54-13-11-53(7)12-14-54/h9-10,21,25-30,33-34,39H,8,11-20,22-24H2,1-7H3,(H,48,50)(H,51,60)(H,52,56)(H,58,59)/t26-,27+,28-,29?,30-,33?,34+,39-,46?/m1/s1.